The summed E-state index contributed by atoms with van der Waals surface area (Å²) < 4.78 is 0. The molecule has 4 nitrogen and oxygen atoms in total. The molecule has 2 N–H and O–H groups in total. The summed E-state index contributed by atoms with van der Waals surface area (Å²) in [5, 5.41) is 14.4. The minimum atomic E-state index is -1.36. The molecular formula is C22H30N2O2. The van der Waals surface area contributed by atoms with Crippen LogP contribution in [0.3, 0.4) is 0 Å². The van der Waals surface area contributed by atoms with Crippen LogP contribution in [0.1, 0.15) is 38.7 Å². The SMILES string of the molecule is CC(C)=CCCN1CC2[C@H](C1)[C@H]2NC(=O)C(O)(c1ccccc1)C1CC1. The molecule has 0 spiro atoms. The van der Waals surface area contributed by atoms with E-state index in [1.807, 2.05) is 30.3 Å². The lowest BCUT2D eigenvalue weighted by atomic mass is 9.87. The molecule has 1 heterocycles. The Hall–Kier alpha value is -1.65. The fourth-order valence-electron chi connectivity index (χ4n) is 4.55. The maximum Gasteiger partial charge on any atom is 0.257 e. The monoisotopic (exact) mass is 354 g/mol. The molecule has 3 aliphatic rings. The molecule has 0 radical (unpaired) electrons. The third kappa shape index (κ3) is 3.33. The smallest absolute Gasteiger partial charge is 0.257 e. The van der Waals surface area contributed by atoms with Crippen molar-refractivity contribution >= 4 is 5.91 Å². The molecule has 0 aromatic heterocycles. The Labute approximate surface area is 156 Å². The molecule has 1 aromatic rings. The summed E-state index contributed by atoms with van der Waals surface area (Å²) in [7, 11) is 0. The highest BCUT2D eigenvalue weighted by atomic mass is 16.3. The lowest BCUT2D eigenvalue weighted by molar-refractivity contribution is -0.143. The maximum atomic E-state index is 13.0. The number of hydrogen-bond donors (Lipinski definition) is 2. The second-order valence-corrected chi connectivity index (χ2v) is 8.56. The van der Waals surface area contributed by atoms with Gasteiger partial charge in [-0.1, -0.05) is 42.0 Å². The van der Waals surface area contributed by atoms with E-state index in [0.29, 0.717) is 11.8 Å². The normalized spacial score (nSPS) is 29.6. The maximum absolute atomic E-state index is 13.0. The number of fused-ring (bicyclic) bond motifs is 1. The summed E-state index contributed by atoms with van der Waals surface area (Å²) >= 11 is 0. The minimum absolute atomic E-state index is 0.0593. The van der Waals surface area contributed by atoms with Gasteiger partial charge in [-0.25, -0.2) is 0 Å². The van der Waals surface area contributed by atoms with E-state index in [-0.39, 0.29) is 17.9 Å². The van der Waals surface area contributed by atoms with E-state index in [2.05, 4.69) is 30.1 Å². The lowest BCUT2D eigenvalue weighted by Gasteiger charge is -2.28. The molecule has 2 aliphatic carbocycles. The molecule has 4 atom stereocenters. The molecule has 26 heavy (non-hydrogen) atoms. The van der Waals surface area contributed by atoms with Crippen LogP contribution in [-0.2, 0) is 10.4 Å². The van der Waals surface area contributed by atoms with Gasteiger partial charge in [-0.15, -0.1) is 0 Å². The average molecular weight is 354 g/mol. The number of amides is 1. The van der Waals surface area contributed by atoms with Gasteiger partial charge in [-0.05, 0) is 50.5 Å². The summed E-state index contributed by atoms with van der Waals surface area (Å²) in [6.07, 6.45) is 5.25. The van der Waals surface area contributed by atoms with E-state index in [9.17, 15) is 9.90 Å². The Balaban J connectivity index is 1.33. The van der Waals surface area contributed by atoms with Crippen molar-refractivity contribution < 1.29 is 9.90 Å². The number of rotatable bonds is 7. The first-order valence-corrected chi connectivity index (χ1v) is 9.94. The molecule has 1 amide bonds. The highest BCUT2D eigenvalue weighted by Gasteiger charge is 2.59. The molecule has 2 saturated carbocycles. The van der Waals surface area contributed by atoms with Crippen LogP contribution in [-0.4, -0.2) is 41.6 Å². The Bertz CT molecular complexity index is 681. The van der Waals surface area contributed by atoms with Crippen LogP contribution in [0.25, 0.3) is 0 Å². The number of carbonyl (C=O) groups excluding carboxylic acids is 1. The van der Waals surface area contributed by atoms with Crippen molar-refractivity contribution in [3.8, 4) is 0 Å². The predicted molar refractivity (Wildman–Crippen MR) is 102 cm³/mol. The number of piperidine rings is 1. The van der Waals surface area contributed by atoms with Gasteiger partial charge in [-0.2, -0.15) is 0 Å². The number of nitrogens with zero attached hydrogens (tertiary/aromatic N) is 1. The van der Waals surface area contributed by atoms with E-state index >= 15 is 0 Å². The topological polar surface area (TPSA) is 52.6 Å². The summed E-state index contributed by atoms with van der Waals surface area (Å²) in [5.74, 6) is 0.987. The molecule has 1 aromatic carbocycles. The first-order chi connectivity index (χ1) is 12.5. The van der Waals surface area contributed by atoms with Crippen molar-refractivity contribution in [2.75, 3.05) is 19.6 Å². The fourth-order valence-corrected chi connectivity index (χ4v) is 4.55. The van der Waals surface area contributed by atoms with Crippen molar-refractivity contribution in [1.29, 1.82) is 0 Å². The Morgan fingerprint density at radius 1 is 1.23 bits per heavy atom. The quantitative estimate of drug-likeness (QED) is 0.740. The Kier molecular flexibility index (Phi) is 4.66. The summed E-state index contributed by atoms with van der Waals surface area (Å²) in [5.41, 5.74) is 0.746. The highest BCUT2D eigenvalue weighted by molar-refractivity contribution is 5.87. The second kappa shape index (κ2) is 6.82. The van der Waals surface area contributed by atoms with E-state index in [4.69, 9.17) is 0 Å². The van der Waals surface area contributed by atoms with Gasteiger partial charge in [0.05, 0.1) is 0 Å². The largest absolute Gasteiger partial charge is 0.375 e. The third-order valence-corrected chi connectivity index (χ3v) is 6.29. The van der Waals surface area contributed by atoms with Crippen LogP contribution < -0.4 is 5.32 Å². The van der Waals surface area contributed by atoms with Gasteiger partial charge >= 0.3 is 0 Å². The number of carbonyl (C=O) groups is 1. The average Bonchev–Trinajstić information content (AvgIpc) is 3.54. The van der Waals surface area contributed by atoms with Crippen molar-refractivity contribution in [2.24, 2.45) is 17.8 Å². The minimum Gasteiger partial charge on any atom is -0.375 e. The Morgan fingerprint density at radius 3 is 2.46 bits per heavy atom. The van der Waals surface area contributed by atoms with Gasteiger partial charge in [0, 0.05) is 31.6 Å². The molecule has 0 bridgehead atoms. The van der Waals surface area contributed by atoms with E-state index in [0.717, 1.165) is 44.5 Å². The molecule has 2 unspecified atom stereocenters. The number of allylic oxidation sites excluding steroid dienone is 1. The number of nitrogens with one attached hydrogen (secondary N) is 1. The summed E-state index contributed by atoms with van der Waals surface area (Å²) in [6, 6.07) is 9.70. The van der Waals surface area contributed by atoms with Gasteiger partial charge in [0.15, 0.2) is 5.60 Å². The summed E-state index contributed by atoms with van der Waals surface area (Å²) in [4.78, 5) is 15.5. The van der Waals surface area contributed by atoms with Gasteiger partial charge in [0.2, 0.25) is 0 Å². The number of hydrogen-bond acceptors (Lipinski definition) is 3. The fraction of sp³-hybridized carbons (Fsp3) is 0.591. The number of benzene rings is 1. The van der Waals surface area contributed by atoms with E-state index in [1.54, 1.807) is 0 Å². The van der Waals surface area contributed by atoms with Gasteiger partial charge in [0.25, 0.3) is 5.91 Å². The molecule has 1 aliphatic heterocycles. The zero-order chi connectivity index (χ0) is 18.3. The van der Waals surface area contributed by atoms with Crippen LogP contribution >= 0.6 is 0 Å². The molecule has 140 valence electrons. The molecule has 4 rings (SSSR count). The molecular weight excluding hydrogens is 324 g/mol. The zero-order valence-electron chi connectivity index (χ0n) is 15.8. The second-order valence-electron chi connectivity index (χ2n) is 8.56. The highest BCUT2D eigenvalue weighted by Crippen LogP contribution is 2.49. The van der Waals surface area contributed by atoms with Gasteiger partial charge in [0.1, 0.15) is 0 Å². The van der Waals surface area contributed by atoms with Crippen molar-refractivity contribution in [3.05, 3.63) is 47.5 Å². The zero-order valence-corrected chi connectivity index (χ0v) is 15.8. The molecule has 4 heteroatoms. The standard InChI is InChI=1S/C22H30N2O2/c1-15(2)7-6-12-24-13-18-19(14-24)20(18)23-21(25)22(26,17-10-11-17)16-8-4-3-5-9-16/h3-5,7-9,17-20,26H,6,10-14H2,1-2H3,(H,23,25)/t18-,19?,20+,22?/m0/s1. The van der Waals surface area contributed by atoms with Gasteiger partial charge < -0.3 is 15.3 Å². The van der Waals surface area contributed by atoms with Crippen LogP contribution in [0, 0.1) is 17.8 Å². The summed E-state index contributed by atoms with van der Waals surface area (Å²) in [6.45, 7) is 7.52. The van der Waals surface area contributed by atoms with Crippen molar-refractivity contribution in [2.45, 2.75) is 44.8 Å². The molecule has 1 saturated heterocycles. The Morgan fingerprint density at radius 2 is 1.88 bits per heavy atom. The van der Waals surface area contributed by atoms with E-state index < -0.39 is 5.60 Å². The lowest BCUT2D eigenvalue weighted by Crippen LogP contribution is -2.48. The van der Waals surface area contributed by atoms with Gasteiger partial charge in [-0.3, -0.25) is 4.79 Å². The van der Waals surface area contributed by atoms with Crippen LogP contribution in [0.4, 0.5) is 0 Å². The number of aliphatic hydroxyl groups is 1. The van der Waals surface area contributed by atoms with E-state index in [1.165, 1.54) is 5.57 Å². The first kappa shape index (κ1) is 17.7. The van der Waals surface area contributed by atoms with Crippen LogP contribution in [0.2, 0.25) is 0 Å². The first-order valence-electron chi connectivity index (χ1n) is 9.94. The number of likely N-dealkylation sites (tertiary alicyclic amines) is 1. The van der Waals surface area contributed by atoms with Crippen molar-refractivity contribution in [3.63, 3.8) is 0 Å². The third-order valence-electron chi connectivity index (χ3n) is 6.29. The predicted octanol–water partition coefficient (Wildman–Crippen LogP) is 2.69. The van der Waals surface area contributed by atoms with Crippen LogP contribution in [0.15, 0.2) is 42.0 Å². The van der Waals surface area contributed by atoms with Crippen LogP contribution in [0.5, 0.6) is 0 Å². The molecule has 3 fully saturated rings. The van der Waals surface area contributed by atoms with Crippen molar-refractivity contribution in [1.82, 2.24) is 10.2 Å².